The topological polar surface area (TPSA) is 12.0 Å². The first kappa shape index (κ1) is 14.3. The van der Waals surface area contributed by atoms with Crippen molar-refractivity contribution in [2.24, 2.45) is 0 Å². The van der Waals surface area contributed by atoms with Gasteiger partial charge in [0.25, 0.3) is 0 Å². The summed E-state index contributed by atoms with van der Waals surface area (Å²) in [6.45, 7) is 5.22. The average molecular weight is 389 g/mol. The molecule has 1 aromatic heterocycles. The molecule has 1 N–H and O–H groups in total. The molecule has 0 bridgehead atoms. The average Bonchev–Trinajstić information content (AvgIpc) is 2.66. The maximum atomic E-state index is 3.55. The molecule has 96 valence electrons. The minimum absolute atomic E-state index is 0.365. The van der Waals surface area contributed by atoms with Crippen molar-refractivity contribution < 1.29 is 0 Å². The molecule has 18 heavy (non-hydrogen) atoms. The quantitative estimate of drug-likeness (QED) is 0.735. The van der Waals surface area contributed by atoms with Crippen molar-refractivity contribution >= 4 is 43.2 Å². The van der Waals surface area contributed by atoms with Crippen molar-refractivity contribution in [3.8, 4) is 0 Å². The number of rotatable bonds is 4. The molecule has 2 rings (SSSR count). The Kier molecular flexibility index (Phi) is 5.01. The van der Waals surface area contributed by atoms with Crippen LogP contribution in [0.5, 0.6) is 0 Å². The van der Waals surface area contributed by atoms with Crippen molar-refractivity contribution in [3.63, 3.8) is 0 Å². The van der Waals surface area contributed by atoms with E-state index in [1.165, 1.54) is 16.0 Å². The summed E-state index contributed by atoms with van der Waals surface area (Å²) in [5.41, 5.74) is 2.65. The Morgan fingerprint density at radius 1 is 1.28 bits per heavy atom. The molecule has 1 atom stereocenters. The molecule has 1 aromatic carbocycles. The molecule has 1 heterocycles. The number of hydrogen-bond donors (Lipinski definition) is 1. The Hall–Kier alpha value is -0.160. The summed E-state index contributed by atoms with van der Waals surface area (Å²) in [4.78, 5) is 1.33. The monoisotopic (exact) mass is 387 g/mol. The fourth-order valence-corrected chi connectivity index (χ4v) is 3.92. The van der Waals surface area contributed by atoms with Gasteiger partial charge in [0, 0.05) is 21.9 Å². The highest BCUT2D eigenvalue weighted by Crippen LogP contribution is 2.32. The van der Waals surface area contributed by atoms with Gasteiger partial charge in [-0.1, -0.05) is 29.8 Å². The molecular weight excluding hydrogens is 374 g/mol. The van der Waals surface area contributed by atoms with Gasteiger partial charge in [0.2, 0.25) is 0 Å². The fraction of sp³-hybridized carbons (Fsp3) is 0.286. The van der Waals surface area contributed by atoms with Gasteiger partial charge in [-0.25, -0.2) is 0 Å². The van der Waals surface area contributed by atoms with Crippen LogP contribution in [0.15, 0.2) is 38.6 Å². The first-order valence-electron chi connectivity index (χ1n) is 5.80. The second-order valence-corrected chi connectivity index (χ2v) is 7.66. The van der Waals surface area contributed by atoms with Gasteiger partial charge in [-0.05, 0) is 57.3 Å². The molecule has 0 fully saturated rings. The minimum atomic E-state index is 0.365. The van der Waals surface area contributed by atoms with Crippen LogP contribution >= 0.6 is 43.2 Å². The number of nitrogens with one attached hydrogen (secondary N) is 1. The van der Waals surface area contributed by atoms with Gasteiger partial charge >= 0.3 is 0 Å². The van der Waals surface area contributed by atoms with Crippen LogP contribution in [0.2, 0.25) is 0 Å². The lowest BCUT2D eigenvalue weighted by Crippen LogP contribution is -2.17. The van der Waals surface area contributed by atoms with Gasteiger partial charge in [0.15, 0.2) is 0 Å². The van der Waals surface area contributed by atoms with Gasteiger partial charge in [-0.15, -0.1) is 11.3 Å². The van der Waals surface area contributed by atoms with Gasteiger partial charge < -0.3 is 5.32 Å². The van der Waals surface area contributed by atoms with Crippen LogP contribution in [0.4, 0.5) is 0 Å². The summed E-state index contributed by atoms with van der Waals surface area (Å²) in [6.07, 6.45) is 0. The van der Waals surface area contributed by atoms with Crippen molar-refractivity contribution in [1.82, 2.24) is 5.32 Å². The van der Waals surface area contributed by atoms with E-state index >= 15 is 0 Å². The molecule has 4 heteroatoms. The van der Waals surface area contributed by atoms with Gasteiger partial charge in [-0.2, -0.15) is 0 Å². The lowest BCUT2D eigenvalue weighted by Gasteiger charge is -2.14. The van der Waals surface area contributed by atoms with Crippen LogP contribution in [0.1, 0.15) is 29.0 Å². The standard InChI is InChI=1S/C14H15Br2NS/c1-9-4-3-5-11(6-9)10(2)17-8-12-7-13(15)14(16)18-12/h3-7,10,17H,8H2,1-2H3/t10-/m1/s1. The van der Waals surface area contributed by atoms with Crippen molar-refractivity contribution in [2.45, 2.75) is 26.4 Å². The molecular formula is C14H15Br2NS. The van der Waals surface area contributed by atoms with Crippen molar-refractivity contribution in [3.05, 3.63) is 54.6 Å². The third kappa shape index (κ3) is 3.67. The number of thiophene rings is 1. The van der Waals surface area contributed by atoms with Crippen LogP contribution in [0.3, 0.4) is 0 Å². The lowest BCUT2D eigenvalue weighted by atomic mass is 10.1. The third-order valence-electron chi connectivity index (χ3n) is 2.82. The molecule has 0 aliphatic carbocycles. The summed E-state index contributed by atoms with van der Waals surface area (Å²) in [6, 6.07) is 11.2. The fourth-order valence-electron chi connectivity index (χ4n) is 1.79. The normalized spacial score (nSPS) is 12.7. The molecule has 2 aromatic rings. The highest BCUT2D eigenvalue weighted by molar-refractivity contribution is 9.13. The summed E-state index contributed by atoms with van der Waals surface area (Å²) < 4.78 is 2.29. The van der Waals surface area contributed by atoms with E-state index in [1.54, 1.807) is 11.3 Å². The van der Waals surface area contributed by atoms with Crippen LogP contribution in [0, 0.1) is 6.92 Å². The molecule has 0 aliphatic rings. The molecule has 0 spiro atoms. The van der Waals surface area contributed by atoms with Crippen LogP contribution in [0.25, 0.3) is 0 Å². The first-order chi connectivity index (χ1) is 8.56. The maximum absolute atomic E-state index is 3.55. The van der Waals surface area contributed by atoms with Gasteiger partial charge in [-0.3, -0.25) is 0 Å². The van der Waals surface area contributed by atoms with E-state index in [0.717, 1.165) is 14.8 Å². The first-order valence-corrected chi connectivity index (χ1v) is 8.20. The molecule has 1 nitrogen and oxygen atoms in total. The zero-order valence-corrected chi connectivity index (χ0v) is 14.3. The summed E-state index contributed by atoms with van der Waals surface area (Å²) in [5, 5.41) is 3.55. The number of aryl methyl sites for hydroxylation is 1. The molecule has 0 aliphatic heterocycles. The Balaban J connectivity index is 1.98. The molecule has 0 unspecified atom stereocenters. The summed E-state index contributed by atoms with van der Waals surface area (Å²) in [7, 11) is 0. The summed E-state index contributed by atoms with van der Waals surface area (Å²) in [5.74, 6) is 0. The molecule has 0 amide bonds. The smallest absolute Gasteiger partial charge is 0.0843 e. The Labute approximate surface area is 129 Å². The largest absolute Gasteiger partial charge is 0.305 e. The van der Waals surface area contributed by atoms with E-state index in [0.29, 0.717) is 6.04 Å². The minimum Gasteiger partial charge on any atom is -0.305 e. The maximum Gasteiger partial charge on any atom is 0.0843 e. The van der Waals surface area contributed by atoms with E-state index in [-0.39, 0.29) is 0 Å². The highest BCUT2D eigenvalue weighted by atomic mass is 79.9. The zero-order valence-electron chi connectivity index (χ0n) is 10.3. The Morgan fingerprint density at radius 2 is 2.06 bits per heavy atom. The van der Waals surface area contributed by atoms with E-state index < -0.39 is 0 Å². The second kappa shape index (κ2) is 6.33. The van der Waals surface area contributed by atoms with E-state index in [2.05, 4.69) is 81.4 Å². The van der Waals surface area contributed by atoms with Crippen molar-refractivity contribution in [1.29, 1.82) is 0 Å². The Morgan fingerprint density at radius 3 is 2.67 bits per heavy atom. The molecule has 0 saturated carbocycles. The highest BCUT2D eigenvalue weighted by Gasteiger charge is 2.07. The SMILES string of the molecule is Cc1cccc([C@@H](C)NCc2cc(Br)c(Br)s2)c1. The van der Waals surface area contributed by atoms with Crippen LogP contribution in [-0.4, -0.2) is 0 Å². The molecule has 0 radical (unpaired) electrons. The van der Waals surface area contributed by atoms with Crippen LogP contribution in [-0.2, 0) is 6.54 Å². The summed E-state index contributed by atoms with van der Waals surface area (Å²) >= 11 is 8.80. The van der Waals surface area contributed by atoms with E-state index in [9.17, 15) is 0 Å². The lowest BCUT2D eigenvalue weighted by molar-refractivity contribution is 0.578. The third-order valence-corrected chi connectivity index (χ3v) is 6.08. The zero-order chi connectivity index (χ0) is 13.1. The second-order valence-electron chi connectivity index (χ2n) is 4.35. The number of halogens is 2. The number of hydrogen-bond acceptors (Lipinski definition) is 2. The van der Waals surface area contributed by atoms with E-state index in [1.807, 2.05) is 0 Å². The van der Waals surface area contributed by atoms with Gasteiger partial charge in [0.05, 0.1) is 3.79 Å². The van der Waals surface area contributed by atoms with Gasteiger partial charge in [0.1, 0.15) is 0 Å². The van der Waals surface area contributed by atoms with E-state index in [4.69, 9.17) is 0 Å². The van der Waals surface area contributed by atoms with Crippen LogP contribution < -0.4 is 5.32 Å². The predicted molar refractivity (Wildman–Crippen MR) is 86.2 cm³/mol. The molecule has 0 saturated heterocycles. The number of benzene rings is 1. The van der Waals surface area contributed by atoms with Crippen molar-refractivity contribution in [2.75, 3.05) is 0 Å². The Bertz CT molecular complexity index is 517. The predicted octanol–water partition coefficient (Wildman–Crippen LogP) is 5.43.